The molecule has 7 rings (SSSR count). The summed E-state index contributed by atoms with van der Waals surface area (Å²) >= 11 is 0. The lowest BCUT2D eigenvalue weighted by molar-refractivity contribution is -0.194. The summed E-state index contributed by atoms with van der Waals surface area (Å²) in [6.45, 7) is 12.5. The summed E-state index contributed by atoms with van der Waals surface area (Å²) in [6.07, 6.45) is 1.17. The Morgan fingerprint density at radius 1 is 0.567 bits per heavy atom. The molecular weight excluding hydrogens is 745 g/mol. The number of Topliss-reactive ketones (excluding diaryl/α,β-unsaturated/α-hetero) is 1. The Labute approximate surface area is 356 Å². The molecule has 0 spiro atoms. The van der Waals surface area contributed by atoms with Gasteiger partial charge in [-0.25, -0.2) is 0 Å². The van der Waals surface area contributed by atoms with Crippen LogP contribution in [0.2, 0.25) is 0 Å². The van der Waals surface area contributed by atoms with Crippen molar-refractivity contribution in [1.29, 1.82) is 0 Å². The zero-order valence-corrected chi connectivity index (χ0v) is 35.6. The largest absolute Gasteiger partial charge is 0.488 e. The van der Waals surface area contributed by atoms with Crippen LogP contribution in [-0.2, 0) is 42.3 Å². The molecule has 6 aromatic carbocycles. The Hall–Kier alpha value is -5.69. The van der Waals surface area contributed by atoms with E-state index < -0.39 is 0 Å². The van der Waals surface area contributed by atoms with Gasteiger partial charge < -0.3 is 23.7 Å². The van der Waals surface area contributed by atoms with Crippen LogP contribution in [0, 0.1) is 25.7 Å². The van der Waals surface area contributed by atoms with E-state index in [1.54, 1.807) is 0 Å². The molecule has 0 aliphatic carbocycles. The number of ether oxygens (including phenoxy) is 5. The number of carbonyl (C=O) groups is 1. The van der Waals surface area contributed by atoms with Crippen LogP contribution in [-0.4, -0.2) is 18.0 Å². The Kier molecular flexibility index (Phi) is 14.5. The first kappa shape index (κ1) is 42.4. The summed E-state index contributed by atoms with van der Waals surface area (Å²) in [5.74, 6) is 2.43. The summed E-state index contributed by atoms with van der Waals surface area (Å²) in [7, 11) is 0. The summed E-state index contributed by atoms with van der Waals surface area (Å²) in [4.78, 5) is 14.8. The molecule has 6 aromatic rings. The van der Waals surface area contributed by atoms with Crippen molar-refractivity contribution in [3.05, 3.63) is 196 Å². The summed E-state index contributed by atoms with van der Waals surface area (Å²) < 4.78 is 33.1. The minimum Gasteiger partial charge on any atom is -0.488 e. The zero-order chi connectivity index (χ0) is 41.8. The number of hydrogen-bond donors (Lipinski definition) is 0. The topological polar surface area (TPSA) is 63.2 Å². The lowest BCUT2D eigenvalue weighted by Crippen LogP contribution is -2.46. The van der Waals surface area contributed by atoms with E-state index in [-0.39, 0.29) is 36.4 Å². The number of benzene rings is 6. The van der Waals surface area contributed by atoms with Crippen LogP contribution in [0.1, 0.15) is 94.6 Å². The minimum absolute atomic E-state index is 0.0130. The molecule has 0 aromatic heterocycles. The summed E-state index contributed by atoms with van der Waals surface area (Å²) in [5, 5.41) is 0. The van der Waals surface area contributed by atoms with Crippen molar-refractivity contribution in [2.24, 2.45) is 11.8 Å². The molecule has 1 aliphatic heterocycles. The number of carbonyl (C=O) groups excluding carboxylic acids is 1. The molecule has 60 heavy (non-hydrogen) atoms. The van der Waals surface area contributed by atoms with Crippen molar-refractivity contribution < 1.29 is 28.5 Å². The SMILES string of the molecule is CCC1OC(c2c(C)cc(OCc3ccccc3)c(C(=O)CCc3ccc(OCc4ccccc4)c(OCc4ccccc4)c3)c2C)C(OCc2ccccc2)C(C)C1C. The van der Waals surface area contributed by atoms with Crippen molar-refractivity contribution in [2.75, 3.05) is 0 Å². The van der Waals surface area contributed by atoms with E-state index in [0.29, 0.717) is 61.6 Å². The highest BCUT2D eigenvalue weighted by atomic mass is 16.6. The van der Waals surface area contributed by atoms with Gasteiger partial charge in [0.1, 0.15) is 31.7 Å². The summed E-state index contributed by atoms with van der Waals surface area (Å²) in [6, 6.07) is 48.6. The molecule has 0 bridgehead atoms. The van der Waals surface area contributed by atoms with E-state index in [9.17, 15) is 4.79 Å². The Morgan fingerprint density at radius 3 is 1.60 bits per heavy atom. The molecule has 1 aliphatic rings. The maximum absolute atomic E-state index is 14.8. The summed E-state index contributed by atoms with van der Waals surface area (Å²) in [5.41, 5.74) is 8.78. The van der Waals surface area contributed by atoms with Crippen molar-refractivity contribution in [3.8, 4) is 17.2 Å². The van der Waals surface area contributed by atoms with Crippen LogP contribution < -0.4 is 14.2 Å². The number of ketones is 1. The highest BCUT2D eigenvalue weighted by molar-refractivity contribution is 6.00. The van der Waals surface area contributed by atoms with E-state index in [0.717, 1.165) is 50.9 Å². The first-order chi connectivity index (χ1) is 29.3. The lowest BCUT2D eigenvalue weighted by Gasteiger charge is -2.45. The first-order valence-corrected chi connectivity index (χ1v) is 21.4. The zero-order valence-electron chi connectivity index (χ0n) is 35.6. The molecule has 6 nitrogen and oxygen atoms in total. The highest BCUT2D eigenvalue weighted by Crippen LogP contribution is 2.45. The fraction of sp³-hybridized carbons (Fsp3) is 0.315. The Morgan fingerprint density at radius 2 is 1.07 bits per heavy atom. The van der Waals surface area contributed by atoms with Gasteiger partial charge >= 0.3 is 0 Å². The monoisotopic (exact) mass is 802 g/mol. The number of hydrogen-bond acceptors (Lipinski definition) is 6. The van der Waals surface area contributed by atoms with Crippen LogP contribution in [0.15, 0.2) is 146 Å². The molecule has 310 valence electrons. The maximum atomic E-state index is 14.8. The van der Waals surface area contributed by atoms with Crippen LogP contribution in [0.25, 0.3) is 0 Å². The van der Waals surface area contributed by atoms with Gasteiger partial charge in [0.25, 0.3) is 0 Å². The standard InChI is InChI=1S/C54H58O6/c1-6-47-38(3)39(4)53(59-36-45-25-17-10-18-26-45)54(60-47)51-37(2)31-50(58-35-44-23-15-9-16-24-44)52(40(51)5)46(55)29-27-41-28-30-48(56-33-42-19-11-7-12-20-42)49(32-41)57-34-43-21-13-8-14-22-43/h7-26,28,30-32,38-39,47,53-54H,6,27,29,33-36H2,1-5H3. The number of aryl methyl sites for hydroxylation is 2. The second-order valence-electron chi connectivity index (χ2n) is 16.1. The average Bonchev–Trinajstić information content (AvgIpc) is 3.28. The minimum atomic E-state index is -0.354. The van der Waals surface area contributed by atoms with Crippen LogP contribution in [0.3, 0.4) is 0 Å². The average molecular weight is 803 g/mol. The molecule has 6 heteroatoms. The first-order valence-electron chi connectivity index (χ1n) is 21.4. The molecule has 0 saturated carbocycles. The molecular formula is C54H58O6. The molecule has 0 amide bonds. The second-order valence-corrected chi connectivity index (χ2v) is 16.1. The third-order valence-electron chi connectivity index (χ3n) is 12.0. The Bertz CT molecular complexity index is 2270. The van der Waals surface area contributed by atoms with E-state index in [2.05, 4.69) is 46.8 Å². The van der Waals surface area contributed by atoms with Gasteiger partial charge in [0.15, 0.2) is 17.3 Å². The van der Waals surface area contributed by atoms with Crippen molar-refractivity contribution >= 4 is 5.78 Å². The van der Waals surface area contributed by atoms with Gasteiger partial charge in [-0.15, -0.1) is 0 Å². The van der Waals surface area contributed by atoms with E-state index in [4.69, 9.17) is 23.7 Å². The second kappa shape index (κ2) is 20.5. The molecule has 5 unspecified atom stereocenters. The quantitative estimate of drug-likeness (QED) is 0.0807. The predicted octanol–water partition coefficient (Wildman–Crippen LogP) is 12.6. The maximum Gasteiger partial charge on any atom is 0.167 e. The van der Waals surface area contributed by atoms with Crippen LogP contribution in [0.5, 0.6) is 17.2 Å². The normalized spacial score (nSPS) is 18.8. The lowest BCUT2D eigenvalue weighted by atomic mass is 9.76. The van der Waals surface area contributed by atoms with Gasteiger partial charge in [0.2, 0.25) is 0 Å². The molecule has 0 N–H and O–H groups in total. The molecule has 1 heterocycles. The van der Waals surface area contributed by atoms with Crippen molar-refractivity contribution in [1.82, 2.24) is 0 Å². The van der Waals surface area contributed by atoms with Gasteiger partial charge in [-0.2, -0.15) is 0 Å². The molecule has 1 saturated heterocycles. The predicted molar refractivity (Wildman–Crippen MR) is 239 cm³/mol. The van der Waals surface area contributed by atoms with Crippen LogP contribution in [0.4, 0.5) is 0 Å². The third-order valence-corrected chi connectivity index (χ3v) is 12.0. The smallest absolute Gasteiger partial charge is 0.167 e. The van der Waals surface area contributed by atoms with E-state index in [1.165, 1.54) is 0 Å². The molecule has 5 atom stereocenters. The fourth-order valence-electron chi connectivity index (χ4n) is 8.40. The Balaban J connectivity index is 1.19. The van der Waals surface area contributed by atoms with E-state index >= 15 is 0 Å². The van der Waals surface area contributed by atoms with Gasteiger partial charge in [-0.3, -0.25) is 4.79 Å². The van der Waals surface area contributed by atoms with E-state index in [1.807, 2.05) is 133 Å². The third kappa shape index (κ3) is 10.5. The van der Waals surface area contributed by atoms with Gasteiger partial charge in [0.05, 0.1) is 24.4 Å². The van der Waals surface area contributed by atoms with Gasteiger partial charge in [-0.05, 0) is 101 Å². The van der Waals surface area contributed by atoms with Crippen molar-refractivity contribution in [2.45, 2.75) is 98.6 Å². The molecule has 0 radical (unpaired) electrons. The van der Waals surface area contributed by atoms with Crippen LogP contribution >= 0.6 is 0 Å². The fourth-order valence-corrected chi connectivity index (χ4v) is 8.40. The van der Waals surface area contributed by atoms with Gasteiger partial charge in [0, 0.05) is 6.42 Å². The molecule has 1 fully saturated rings. The highest BCUT2D eigenvalue weighted by Gasteiger charge is 2.44. The number of rotatable bonds is 18. The van der Waals surface area contributed by atoms with Gasteiger partial charge in [-0.1, -0.05) is 148 Å². The van der Waals surface area contributed by atoms with Crippen molar-refractivity contribution in [3.63, 3.8) is 0 Å².